The Kier molecular flexibility index (Phi) is 1.48. The van der Waals surface area contributed by atoms with E-state index < -0.39 is 11.6 Å². The van der Waals surface area contributed by atoms with Gasteiger partial charge in [0.25, 0.3) is 0 Å². The lowest BCUT2D eigenvalue weighted by molar-refractivity contribution is -0.145. The van der Waals surface area contributed by atoms with Crippen LogP contribution in [0.5, 0.6) is 0 Å². The van der Waals surface area contributed by atoms with E-state index in [9.17, 15) is 9.18 Å². The number of thioether (sulfide) groups is 1. The first-order valence-corrected chi connectivity index (χ1v) is 3.05. The Labute approximate surface area is 55.7 Å². The lowest BCUT2D eigenvalue weighted by Gasteiger charge is -2.07. The van der Waals surface area contributed by atoms with E-state index in [0.717, 1.165) is 23.6 Å². The minimum Gasteiger partial charge on any atom is -0.479 e. The first-order chi connectivity index (χ1) is 4.15. The van der Waals surface area contributed by atoms with Crippen LogP contribution < -0.4 is 0 Å². The summed E-state index contributed by atoms with van der Waals surface area (Å²) in [6, 6.07) is 0. The average molecular weight is 146 g/mol. The van der Waals surface area contributed by atoms with Crippen molar-refractivity contribution in [1.29, 1.82) is 0 Å². The summed E-state index contributed by atoms with van der Waals surface area (Å²) in [5.74, 6) is -0.505. The molecule has 0 saturated carbocycles. The molecule has 0 fully saturated rings. The van der Waals surface area contributed by atoms with Gasteiger partial charge in [-0.25, -0.2) is 9.18 Å². The van der Waals surface area contributed by atoms with Gasteiger partial charge >= 0.3 is 5.97 Å². The van der Waals surface area contributed by atoms with E-state index in [1.54, 1.807) is 0 Å². The van der Waals surface area contributed by atoms with E-state index in [-0.39, 0.29) is 0 Å². The number of alkyl halides is 1. The first kappa shape index (κ1) is 6.61. The Balaban J connectivity index is 2.74. The predicted molar refractivity (Wildman–Crippen MR) is 31.2 cm³/mol. The van der Waals surface area contributed by atoms with Gasteiger partial charge in [0.2, 0.25) is 5.67 Å². The van der Waals surface area contributed by atoms with Crippen LogP contribution in [0.25, 0.3) is 0 Å². The third kappa shape index (κ3) is 1.08. The van der Waals surface area contributed by atoms with Crippen molar-refractivity contribution in [2.24, 2.45) is 0 Å². The quantitative estimate of drug-likeness (QED) is 0.599. The first-order valence-electron chi connectivity index (χ1n) is 2.17. The van der Waals surface area contributed by atoms with Crippen molar-refractivity contribution in [2.45, 2.75) is 5.67 Å². The van der Waals surface area contributed by atoms with Crippen LogP contribution in [0.3, 0.4) is 0 Å². The van der Waals surface area contributed by atoms with E-state index in [2.05, 4.69) is 5.41 Å². The molecule has 0 spiro atoms. The van der Waals surface area contributed by atoms with Gasteiger partial charge in [0.1, 0.15) is 0 Å². The molecular weight excluding hydrogens is 143 g/mol. The number of halogens is 1. The van der Waals surface area contributed by atoms with Gasteiger partial charge in [0, 0.05) is 5.41 Å². The SMILES string of the molecule is O=C(O)C1(F)[CH]S[C]=C1. The fourth-order valence-corrected chi connectivity index (χ4v) is 1.03. The molecule has 1 heterocycles. The molecule has 1 aliphatic rings. The van der Waals surface area contributed by atoms with Crippen LogP contribution in [0.2, 0.25) is 0 Å². The third-order valence-corrected chi connectivity index (χ3v) is 1.61. The molecule has 1 N–H and O–H groups in total. The van der Waals surface area contributed by atoms with Crippen LogP contribution in [-0.2, 0) is 4.79 Å². The maximum absolute atomic E-state index is 12.6. The number of carboxylic acids is 1. The highest BCUT2D eigenvalue weighted by Gasteiger charge is 2.39. The molecule has 0 amide bonds. The van der Waals surface area contributed by atoms with E-state index in [4.69, 9.17) is 5.11 Å². The fourth-order valence-electron chi connectivity index (χ4n) is 0.386. The normalized spacial score (nSPS) is 33.0. The molecular formula is C5H3FO2S. The molecule has 1 aliphatic heterocycles. The van der Waals surface area contributed by atoms with E-state index in [0.29, 0.717) is 0 Å². The Morgan fingerprint density at radius 2 is 2.56 bits per heavy atom. The van der Waals surface area contributed by atoms with E-state index >= 15 is 0 Å². The number of carboxylic acid groups (broad SMARTS) is 1. The summed E-state index contributed by atoms with van der Waals surface area (Å²) in [4.78, 5) is 10.0. The largest absolute Gasteiger partial charge is 0.479 e. The molecule has 0 aliphatic carbocycles. The third-order valence-electron chi connectivity index (χ3n) is 0.895. The second-order valence-electron chi connectivity index (χ2n) is 1.57. The summed E-state index contributed by atoms with van der Waals surface area (Å²) in [5, 5.41) is 10.6. The van der Waals surface area contributed by atoms with Crippen LogP contribution in [0.1, 0.15) is 0 Å². The molecule has 0 bridgehead atoms. The Bertz CT molecular complexity index is 168. The highest BCUT2D eigenvalue weighted by molar-refractivity contribution is 8.03. The second kappa shape index (κ2) is 2.02. The summed E-state index contributed by atoms with van der Waals surface area (Å²) in [5.41, 5.74) is -2.29. The average Bonchev–Trinajstić information content (AvgIpc) is 2.16. The molecule has 1 atom stereocenters. The van der Waals surface area contributed by atoms with E-state index in [1.165, 1.54) is 0 Å². The van der Waals surface area contributed by atoms with Crippen molar-refractivity contribution >= 4 is 17.7 Å². The van der Waals surface area contributed by atoms with Gasteiger partial charge in [-0.3, -0.25) is 0 Å². The van der Waals surface area contributed by atoms with Gasteiger partial charge in [-0.1, -0.05) is 0 Å². The molecule has 0 aromatic heterocycles. The van der Waals surface area contributed by atoms with Gasteiger partial charge in [0.05, 0.1) is 5.75 Å². The minimum atomic E-state index is -2.29. The summed E-state index contributed by atoms with van der Waals surface area (Å²) in [7, 11) is 0. The van der Waals surface area contributed by atoms with Crippen molar-refractivity contribution in [1.82, 2.24) is 0 Å². The van der Waals surface area contributed by atoms with Crippen LogP contribution >= 0.6 is 11.8 Å². The van der Waals surface area contributed by atoms with Gasteiger partial charge in [-0.15, -0.1) is 11.8 Å². The zero-order chi connectivity index (χ0) is 6.91. The molecule has 1 rings (SSSR count). The molecule has 2 radical (unpaired) electrons. The van der Waals surface area contributed by atoms with Crippen molar-refractivity contribution in [3.05, 3.63) is 17.2 Å². The summed E-state index contributed by atoms with van der Waals surface area (Å²) >= 11 is 0.923. The lowest BCUT2D eigenvalue weighted by Crippen LogP contribution is -2.28. The molecule has 0 aromatic carbocycles. The van der Waals surface area contributed by atoms with Gasteiger partial charge in [-0.05, 0) is 6.08 Å². The zero-order valence-corrected chi connectivity index (χ0v) is 5.11. The van der Waals surface area contributed by atoms with Gasteiger partial charge < -0.3 is 5.11 Å². The van der Waals surface area contributed by atoms with Crippen LogP contribution in [-0.4, -0.2) is 16.7 Å². The number of hydrogen-bond acceptors (Lipinski definition) is 2. The summed E-state index contributed by atoms with van der Waals surface area (Å²) < 4.78 is 12.6. The summed E-state index contributed by atoms with van der Waals surface area (Å²) in [6.07, 6.45) is 0.889. The molecule has 0 aromatic rings. The number of hydrogen-bond donors (Lipinski definition) is 1. The predicted octanol–water partition coefficient (Wildman–Crippen LogP) is 1.00. The zero-order valence-electron chi connectivity index (χ0n) is 4.30. The molecule has 48 valence electrons. The topological polar surface area (TPSA) is 37.3 Å². The van der Waals surface area contributed by atoms with Crippen LogP contribution in [0, 0.1) is 11.2 Å². The van der Waals surface area contributed by atoms with Gasteiger partial charge in [0.15, 0.2) is 0 Å². The highest BCUT2D eigenvalue weighted by atomic mass is 32.2. The Morgan fingerprint density at radius 1 is 1.89 bits per heavy atom. The number of aliphatic carboxylic acids is 1. The van der Waals surface area contributed by atoms with Crippen molar-refractivity contribution < 1.29 is 14.3 Å². The van der Waals surface area contributed by atoms with Crippen molar-refractivity contribution in [2.75, 3.05) is 0 Å². The molecule has 1 unspecified atom stereocenters. The standard InChI is InChI=1S/C5H3FO2S/c6-5(4(7)8)1-2-9-3-5/h1,3H,(H,7,8). The minimum absolute atomic E-state index is 0.889. The smallest absolute Gasteiger partial charge is 0.346 e. The monoisotopic (exact) mass is 146 g/mol. The molecule has 0 saturated heterocycles. The molecule has 4 heteroatoms. The van der Waals surface area contributed by atoms with Crippen LogP contribution in [0.4, 0.5) is 4.39 Å². The Hall–Kier alpha value is -0.510. The van der Waals surface area contributed by atoms with Crippen LogP contribution in [0.15, 0.2) is 6.08 Å². The second-order valence-corrected chi connectivity index (χ2v) is 2.28. The fraction of sp³-hybridized carbons (Fsp3) is 0.200. The summed E-state index contributed by atoms with van der Waals surface area (Å²) in [6.45, 7) is 0. The molecule has 9 heavy (non-hydrogen) atoms. The van der Waals surface area contributed by atoms with Crippen molar-refractivity contribution in [3.63, 3.8) is 0 Å². The van der Waals surface area contributed by atoms with Crippen molar-refractivity contribution in [3.8, 4) is 0 Å². The lowest BCUT2D eigenvalue weighted by atomic mass is 10.1. The van der Waals surface area contributed by atoms with E-state index in [1.807, 2.05) is 0 Å². The highest BCUT2D eigenvalue weighted by Crippen LogP contribution is 2.32. The maximum Gasteiger partial charge on any atom is 0.346 e. The molecule has 2 nitrogen and oxygen atoms in total. The number of rotatable bonds is 1. The van der Waals surface area contributed by atoms with Gasteiger partial charge in [-0.2, -0.15) is 0 Å². The Morgan fingerprint density at radius 3 is 2.78 bits per heavy atom. The number of carbonyl (C=O) groups is 1. The maximum atomic E-state index is 12.6.